The average molecular weight is 468 g/mol. The lowest BCUT2D eigenvalue weighted by molar-refractivity contribution is -0.384. The van der Waals surface area contributed by atoms with Gasteiger partial charge in [0.25, 0.3) is 5.69 Å². The maximum absolute atomic E-state index is 12.7. The average Bonchev–Trinajstić information content (AvgIpc) is 3.17. The monoisotopic (exact) mass is 467 g/mol. The summed E-state index contributed by atoms with van der Waals surface area (Å²) in [4.78, 5) is 23.2. The molecular formula is C24H25N3O5S. The smallest absolute Gasteiger partial charge is 0.271 e. The van der Waals surface area contributed by atoms with Crippen LogP contribution >= 0.6 is 0 Å². The molecule has 9 heteroatoms. The Morgan fingerprint density at radius 2 is 1.85 bits per heavy atom. The van der Waals surface area contributed by atoms with Crippen molar-refractivity contribution in [3.05, 3.63) is 75.3 Å². The normalized spacial score (nSPS) is 12.7. The predicted molar refractivity (Wildman–Crippen MR) is 129 cm³/mol. The van der Waals surface area contributed by atoms with E-state index in [1.165, 1.54) is 34.7 Å². The van der Waals surface area contributed by atoms with E-state index in [1.807, 2.05) is 24.3 Å². The molecule has 0 fully saturated rings. The molecule has 0 bridgehead atoms. The fraction of sp³-hybridized carbons (Fsp3) is 0.292. The number of carbonyl (C=O) groups excluding carboxylic acids is 1. The van der Waals surface area contributed by atoms with Gasteiger partial charge in [0.05, 0.1) is 16.9 Å². The molecule has 0 heterocycles. The van der Waals surface area contributed by atoms with Gasteiger partial charge in [-0.25, -0.2) is 8.42 Å². The minimum atomic E-state index is -3.69. The van der Waals surface area contributed by atoms with Crippen molar-refractivity contribution in [2.45, 2.75) is 32.6 Å². The first-order chi connectivity index (χ1) is 15.6. The second-order valence-electron chi connectivity index (χ2n) is 8.33. The van der Waals surface area contributed by atoms with E-state index < -0.39 is 14.9 Å². The van der Waals surface area contributed by atoms with Crippen LogP contribution in [-0.2, 0) is 27.7 Å². The van der Waals surface area contributed by atoms with E-state index in [1.54, 1.807) is 6.92 Å². The lowest BCUT2D eigenvalue weighted by atomic mass is 10.0. The van der Waals surface area contributed by atoms with Gasteiger partial charge in [-0.3, -0.25) is 19.2 Å². The molecule has 0 aliphatic heterocycles. The number of nitro benzene ring substituents is 1. The summed E-state index contributed by atoms with van der Waals surface area (Å²) < 4.78 is 25.9. The molecule has 1 N–H and O–H groups in total. The molecule has 4 rings (SSSR count). The van der Waals surface area contributed by atoms with Crippen LogP contribution in [0.5, 0.6) is 0 Å². The van der Waals surface area contributed by atoms with Crippen LogP contribution in [0.15, 0.2) is 48.5 Å². The fourth-order valence-electron chi connectivity index (χ4n) is 4.40. The van der Waals surface area contributed by atoms with Gasteiger partial charge in [-0.05, 0) is 54.3 Å². The lowest BCUT2D eigenvalue weighted by Crippen LogP contribution is -2.32. The van der Waals surface area contributed by atoms with Crippen LogP contribution in [0, 0.1) is 17.0 Å². The third-order valence-electron chi connectivity index (χ3n) is 5.99. The first-order valence-electron chi connectivity index (χ1n) is 10.7. The molecule has 0 spiro atoms. The molecule has 1 aliphatic rings. The summed E-state index contributed by atoms with van der Waals surface area (Å²) in [6, 6.07) is 14.2. The van der Waals surface area contributed by atoms with Crippen LogP contribution in [0.1, 0.15) is 29.5 Å². The maximum atomic E-state index is 12.7. The van der Waals surface area contributed by atoms with Gasteiger partial charge < -0.3 is 5.32 Å². The van der Waals surface area contributed by atoms with Crippen molar-refractivity contribution < 1.29 is 18.1 Å². The Labute approximate surface area is 192 Å². The summed E-state index contributed by atoms with van der Waals surface area (Å²) in [7, 11) is -3.69. The van der Waals surface area contributed by atoms with Gasteiger partial charge >= 0.3 is 0 Å². The first kappa shape index (κ1) is 22.7. The highest BCUT2D eigenvalue weighted by Crippen LogP contribution is 2.35. The number of sulfonamides is 1. The van der Waals surface area contributed by atoms with Gasteiger partial charge in [-0.1, -0.05) is 30.3 Å². The molecule has 0 aromatic heterocycles. The molecule has 8 nitrogen and oxygen atoms in total. The highest BCUT2D eigenvalue weighted by atomic mass is 32.2. The number of hydrogen-bond acceptors (Lipinski definition) is 5. The molecular weight excluding hydrogens is 442 g/mol. The minimum absolute atomic E-state index is 0.0398. The van der Waals surface area contributed by atoms with Gasteiger partial charge in [0, 0.05) is 36.2 Å². The predicted octanol–water partition coefficient (Wildman–Crippen LogP) is 4.34. The standard InChI is InChI=1S/C24H25N3O5S/c1-16-8-12-19(27(29)30)15-22(16)26(33(2,31)32)14-4-7-23(28)25-21-13-11-18-10-9-17-5-3-6-20(21)24(17)18/h3,5-6,8,11-13,15H,4,7,9-10,14H2,1-2H3,(H,25,28). The third-order valence-corrected chi connectivity index (χ3v) is 7.17. The number of hydrogen-bond donors (Lipinski definition) is 1. The van der Waals surface area contributed by atoms with Crippen molar-refractivity contribution in [1.82, 2.24) is 0 Å². The number of non-ortho nitro benzene ring substituents is 1. The molecule has 172 valence electrons. The second kappa shape index (κ2) is 8.82. The summed E-state index contributed by atoms with van der Waals surface area (Å²) in [5.74, 6) is -0.210. The van der Waals surface area contributed by atoms with E-state index in [-0.39, 0.29) is 36.7 Å². The molecule has 1 aliphatic carbocycles. The van der Waals surface area contributed by atoms with Gasteiger partial charge in [0.1, 0.15) is 0 Å². The molecule has 3 aromatic rings. The maximum Gasteiger partial charge on any atom is 0.271 e. The molecule has 0 saturated heterocycles. The number of aryl methyl sites for hydroxylation is 3. The summed E-state index contributed by atoms with van der Waals surface area (Å²) in [6.45, 7) is 1.73. The highest BCUT2D eigenvalue weighted by molar-refractivity contribution is 7.92. The largest absolute Gasteiger partial charge is 0.326 e. The number of carbonyl (C=O) groups is 1. The Morgan fingerprint density at radius 1 is 1.12 bits per heavy atom. The Bertz CT molecular complexity index is 1360. The van der Waals surface area contributed by atoms with E-state index in [0.29, 0.717) is 5.56 Å². The van der Waals surface area contributed by atoms with Gasteiger partial charge in [-0.2, -0.15) is 0 Å². The van der Waals surface area contributed by atoms with Crippen molar-refractivity contribution in [2.24, 2.45) is 0 Å². The topological polar surface area (TPSA) is 110 Å². The number of nitro groups is 1. The van der Waals surface area contributed by atoms with E-state index in [4.69, 9.17) is 0 Å². The van der Waals surface area contributed by atoms with Crippen LogP contribution in [0.25, 0.3) is 10.8 Å². The van der Waals surface area contributed by atoms with Crippen LogP contribution in [0.2, 0.25) is 0 Å². The summed E-state index contributed by atoms with van der Waals surface area (Å²) in [6.07, 6.45) is 3.44. The van der Waals surface area contributed by atoms with Gasteiger partial charge in [0.2, 0.25) is 15.9 Å². The molecule has 1 amide bonds. The molecule has 0 radical (unpaired) electrons. The molecule has 0 unspecified atom stereocenters. The Hall–Kier alpha value is -3.46. The number of nitrogens with zero attached hydrogens (tertiary/aromatic N) is 2. The lowest BCUT2D eigenvalue weighted by Gasteiger charge is -2.24. The summed E-state index contributed by atoms with van der Waals surface area (Å²) >= 11 is 0. The van der Waals surface area contributed by atoms with E-state index in [0.717, 1.165) is 34.5 Å². The summed E-state index contributed by atoms with van der Waals surface area (Å²) in [5, 5.41) is 16.3. The van der Waals surface area contributed by atoms with Crippen LogP contribution in [0.4, 0.5) is 17.1 Å². The van der Waals surface area contributed by atoms with Crippen molar-refractivity contribution in [3.8, 4) is 0 Å². The number of rotatable bonds is 8. The van der Waals surface area contributed by atoms with Crippen molar-refractivity contribution >= 4 is 43.8 Å². The number of benzene rings is 3. The van der Waals surface area contributed by atoms with Crippen LogP contribution in [-0.4, -0.2) is 32.0 Å². The molecule has 3 aromatic carbocycles. The Balaban J connectivity index is 1.47. The third kappa shape index (κ3) is 4.68. The first-order valence-corrected chi connectivity index (χ1v) is 12.6. The zero-order chi connectivity index (χ0) is 23.8. The quantitative estimate of drug-likeness (QED) is 0.391. The molecule has 0 saturated carbocycles. The van der Waals surface area contributed by atoms with E-state index in [9.17, 15) is 23.3 Å². The highest BCUT2D eigenvalue weighted by Gasteiger charge is 2.22. The zero-order valence-corrected chi connectivity index (χ0v) is 19.3. The number of nitrogens with one attached hydrogen (secondary N) is 1. The second-order valence-corrected chi connectivity index (χ2v) is 10.2. The summed E-state index contributed by atoms with van der Waals surface area (Å²) in [5.41, 5.74) is 3.98. The minimum Gasteiger partial charge on any atom is -0.326 e. The van der Waals surface area contributed by atoms with Crippen molar-refractivity contribution in [3.63, 3.8) is 0 Å². The van der Waals surface area contributed by atoms with Gasteiger partial charge in [0.15, 0.2) is 0 Å². The Kier molecular flexibility index (Phi) is 6.07. The molecule has 33 heavy (non-hydrogen) atoms. The van der Waals surface area contributed by atoms with Crippen molar-refractivity contribution in [1.29, 1.82) is 0 Å². The van der Waals surface area contributed by atoms with E-state index >= 15 is 0 Å². The fourth-order valence-corrected chi connectivity index (χ4v) is 5.41. The number of anilines is 2. The zero-order valence-electron chi connectivity index (χ0n) is 18.5. The number of amides is 1. The molecule has 0 atom stereocenters. The SMILES string of the molecule is Cc1ccc([N+](=O)[O-])cc1N(CCCC(=O)Nc1ccc2c3c(cccc13)CC2)S(C)(=O)=O. The van der Waals surface area contributed by atoms with Crippen molar-refractivity contribution in [2.75, 3.05) is 22.4 Å². The Morgan fingerprint density at radius 3 is 2.55 bits per heavy atom. The van der Waals surface area contributed by atoms with E-state index in [2.05, 4.69) is 11.4 Å². The van der Waals surface area contributed by atoms with Crippen LogP contribution < -0.4 is 9.62 Å². The van der Waals surface area contributed by atoms with Crippen LogP contribution in [0.3, 0.4) is 0 Å². The van der Waals surface area contributed by atoms with Gasteiger partial charge in [-0.15, -0.1) is 0 Å².